The first-order chi connectivity index (χ1) is 8.46. The monoisotopic (exact) mass is 299 g/mol. The van der Waals surface area contributed by atoms with Crippen molar-refractivity contribution in [2.75, 3.05) is 6.54 Å². The van der Waals surface area contributed by atoms with Crippen molar-refractivity contribution in [2.24, 2.45) is 0 Å². The Labute approximate surface area is 114 Å². The SMILES string of the molecule is Cl.Fc1ccc(OC(F)(F)F)cc1[C@H]1CCCCN1. The third-order valence-corrected chi connectivity index (χ3v) is 2.89. The van der Waals surface area contributed by atoms with Gasteiger partial charge < -0.3 is 10.1 Å². The number of rotatable bonds is 2. The summed E-state index contributed by atoms with van der Waals surface area (Å²) in [5.41, 5.74) is 0.233. The molecule has 1 atom stereocenters. The molecule has 1 aliphatic heterocycles. The van der Waals surface area contributed by atoms with Crippen molar-refractivity contribution in [3.05, 3.63) is 29.6 Å². The van der Waals surface area contributed by atoms with Crippen LogP contribution in [0.25, 0.3) is 0 Å². The van der Waals surface area contributed by atoms with Crippen molar-refractivity contribution in [3.63, 3.8) is 0 Å². The van der Waals surface area contributed by atoms with Crippen LogP contribution in [0, 0.1) is 5.82 Å². The summed E-state index contributed by atoms with van der Waals surface area (Å²) < 4.78 is 53.7. The van der Waals surface area contributed by atoms with Crippen LogP contribution in [0.1, 0.15) is 30.9 Å². The van der Waals surface area contributed by atoms with Crippen molar-refractivity contribution < 1.29 is 22.3 Å². The van der Waals surface area contributed by atoms with Crippen LogP contribution in [0.2, 0.25) is 0 Å². The van der Waals surface area contributed by atoms with Gasteiger partial charge in [0.1, 0.15) is 11.6 Å². The van der Waals surface area contributed by atoms with Gasteiger partial charge in [-0.3, -0.25) is 0 Å². The van der Waals surface area contributed by atoms with Gasteiger partial charge in [0.25, 0.3) is 0 Å². The van der Waals surface area contributed by atoms with Gasteiger partial charge in [-0.05, 0) is 37.6 Å². The molecule has 108 valence electrons. The van der Waals surface area contributed by atoms with E-state index in [0.717, 1.165) is 37.6 Å². The number of hydrogen-bond donors (Lipinski definition) is 1. The minimum Gasteiger partial charge on any atom is -0.406 e. The Morgan fingerprint density at radius 2 is 1.95 bits per heavy atom. The van der Waals surface area contributed by atoms with Gasteiger partial charge >= 0.3 is 6.36 Å². The molecule has 2 rings (SSSR count). The molecule has 1 aromatic rings. The average Bonchev–Trinajstić information content (AvgIpc) is 2.31. The van der Waals surface area contributed by atoms with E-state index in [-0.39, 0.29) is 29.8 Å². The van der Waals surface area contributed by atoms with E-state index >= 15 is 0 Å². The van der Waals surface area contributed by atoms with Gasteiger partial charge in [-0.15, -0.1) is 25.6 Å². The minimum atomic E-state index is -4.75. The molecule has 0 unspecified atom stereocenters. The molecule has 19 heavy (non-hydrogen) atoms. The Balaban J connectivity index is 0.00000180. The molecule has 0 radical (unpaired) electrons. The maximum absolute atomic E-state index is 13.6. The molecule has 1 fully saturated rings. The molecule has 1 N–H and O–H groups in total. The van der Waals surface area contributed by atoms with Gasteiger partial charge in [0.2, 0.25) is 0 Å². The molecule has 2 nitrogen and oxygen atoms in total. The van der Waals surface area contributed by atoms with Crippen LogP contribution in [0.3, 0.4) is 0 Å². The molecule has 1 heterocycles. The fourth-order valence-corrected chi connectivity index (χ4v) is 2.10. The summed E-state index contributed by atoms with van der Waals surface area (Å²) in [6.07, 6.45) is -2.11. The first-order valence-corrected chi connectivity index (χ1v) is 5.74. The number of piperidine rings is 1. The predicted molar refractivity (Wildman–Crippen MR) is 64.9 cm³/mol. The fourth-order valence-electron chi connectivity index (χ4n) is 2.10. The van der Waals surface area contributed by atoms with Gasteiger partial charge in [-0.1, -0.05) is 6.42 Å². The third kappa shape index (κ3) is 4.54. The largest absolute Gasteiger partial charge is 0.573 e. The Bertz CT molecular complexity index is 419. The molecule has 0 bridgehead atoms. The third-order valence-electron chi connectivity index (χ3n) is 2.89. The summed E-state index contributed by atoms with van der Waals surface area (Å²) in [6.45, 7) is 0.745. The molecule has 0 aliphatic carbocycles. The second-order valence-corrected chi connectivity index (χ2v) is 4.23. The van der Waals surface area contributed by atoms with Crippen LogP contribution in [0.4, 0.5) is 17.6 Å². The average molecular weight is 300 g/mol. The van der Waals surface area contributed by atoms with Crippen molar-refractivity contribution >= 4 is 12.4 Å². The number of nitrogens with one attached hydrogen (secondary N) is 1. The molecular formula is C12H14ClF4NO. The predicted octanol–water partition coefficient (Wildman–Crippen LogP) is 3.96. The number of halogens is 5. The highest BCUT2D eigenvalue weighted by Crippen LogP contribution is 2.30. The standard InChI is InChI=1S/C12H13F4NO.ClH/c13-10-5-4-8(18-12(14,15)16)7-9(10)11-3-1-2-6-17-11;/h4-5,7,11,17H,1-3,6H2;1H/t11-;/m1./s1. The number of hydrogen-bond acceptors (Lipinski definition) is 2. The lowest BCUT2D eigenvalue weighted by Gasteiger charge is -2.24. The first kappa shape index (κ1) is 16.0. The van der Waals surface area contributed by atoms with E-state index in [1.165, 1.54) is 0 Å². The van der Waals surface area contributed by atoms with Crippen molar-refractivity contribution in [1.29, 1.82) is 0 Å². The highest BCUT2D eigenvalue weighted by atomic mass is 35.5. The van der Waals surface area contributed by atoms with Gasteiger partial charge in [0.15, 0.2) is 0 Å². The zero-order valence-corrected chi connectivity index (χ0v) is 10.8. The van der Waals surface area contributed by atoms with Crippen LogP contribution in [-0.4, -0.2) is 12.9 Å². The summed E-state index contributed by atoms with van der Waals surface area (Å²) in [4.78, 5) is 0. The molecule has 0 spiro atoms. The maximum atomic E-state index is 13.6. The maximum Gasteiger partial charge on any atom is 0.573 e. The second-order valence-electron chi connectivity index (χ2n) is 4.23. The first-order valence-electron chi connectivity index (χ1n) is 5.74. The summed E-state index contributed by atoms with van der Waals surface area (Å²) >= 11 is 0. The Kier molecular flexibility index (Phi) is 5.43. The van der Waals surface area contributed by atoms with Gasteiger partial charge in [-0.2, -0.15) is 0 Å². The zero-order chi connectivity index (χ0) is 13.2. The normalized spacial score (nSPS) is 19.7. The lowest BCUT2D eigenvalue weighted by atomic mass is 9.97. The molecule has 7 heteroatoms. The van der Waals surface area contributed by atoms with Gasteiger partial charge in [0, 0.05) is 11.6 Å². The Morgan fingerprint density at radius 3 is 2.53 bits per heavy atom. The quantitative estimate of drug-likeness (QED) is 0.835. The molecule has 0 amide bonds. The summed E-state index contributed by atoms with van der Waals surface area (Å²) in [5, 5.41) is 3.09. The van der Waals surface area contributed by atoms with E-state index in [2.05, 4.69) is 10.1 Å². The van der Waals surface area contributed by atoms with Crippen LogP contribution in [0.5, 0.6) is 5.75 Å². The Morgan fingerprint density at radius 1 is 1.21 bits per heavy atom. The summed E-state index contributed by atoms with van der Waals surface area (Å²) in [6, 6.07) is 2.86. The van der Waals surface area contributed by atoms with Crippen molar-refractivity contribution in [3.8, 4) is 5.75 Å². The van der Waals surface area contributed by atoms with E-state index in [4.69, 9.17) is 0 Å². The van der Waals surface area contributed by atoms with E-state index < -0.39 is 12.2 Å². The smallest absolute Gasteiger partial charge is 0.406 e. The highest BCUT2D eigenvalue weighted by Gasteiger charge is 2.31. The molecule has 1 saturated heterocycles. The highest BCUT2D eigenvalue weighted by molar-refractivity contribution is 5.85. The van der Waals surface area contributed by atoms with Crippen LogP contribution in [-0.2, 0) is 0 Å². The van der Waals surface area contributed by atoms with Crippen molar-refractivity contribution in [1.82, 2.24) is 5.32 Å². The summed E-state index contributed by atoms with van der Waals surface area (Å²) in [7, 11) is 0. The molecule has 1 aromatic carbocycles. The molecular weight excluding hydrogens is 286 g/mol. The minimum absolute atomic E-state index is 0. The Hall–Kier alpha value is -1.01. The lowest BCUT2D eigenvalue weighted by Crippen LogP contribution is -2.27. The van der Waals surface area contributed by atoms with Crippen LogP contribution in [0.15, 0.2) is 18.2 Å². The van der Waals surface area contributed by atoms with Crippen LogP contribution < -0.4 is 10.1 Å². The van der Waals surface area contributed by atoms with Gasteiger partial charge in [0.05, 0.1) is 0 Å². The van der Waals surface area contributed by atoms with Crippen LogP contribution >= 0.6 is 12.4 Å². The van der Waals surface area contributed by atoms with E-state index in [1.807, 2.05) is 0 Å². The van der Waals surface area contributed by atoms with E-state index in [9.17, 15) is 17.6 Å². The topological polar surface area (TPSA) is 21.3 Å². The zero-order valence-electron chi connectivity index (χ0n) is 9.97. The van der Waals surface area contributed by atoms with E-state index in [0.29, 0.717) is 6.42 Å². The molecule has 0 saturated carbocycles. The van der Waals surface area contributed by atoms with Gasteiger partial charge in [-0.25, -0.2) is 4.39 Å². The lowest BCUT2D eigenvalue weighted by molar-refractivity contribution is -0.274. The summed E-state index contributed by atoms with van der Waals surface area (Å²) in [5.74, 6) is -0.893. The van der Waals surface area contributed by atoms with Crippen molar-refractivity contribution in [2.45, 2.75) is 31.7 Å². The second kappa shape index (κ2) is 6.43. The molecule has 0 aromatic heterocycles. The number of ether oxygens (including phenoxy) is 1. The number of benzene rings is 1. The van der Waals surface area contributed by atoms with E-state index in [1.54, 1.807) is 0 Å². The molecule has 1 aliphatic rings. The fraction of sp³-hybridized carbons (Fsp3) is 0.500. The number of alkyl halides is 3.